The molecule has 1 amide bonds. The number of thiazole rings is 1. The summed E-state index contributed by atoms with van der Waals surface area (Å²) in [6.45, 7) is 4.01. The minimum atomic E-state index is -0.369. The molecule has 122 valence electrons. The van der Waals surface area contributed by atoms with Gasteiger partial charge in [0.05, 0.1) is 19.3 Å². The third kappa shape index (κ3) is 3.24. The molecule has 1 aromatic carbocycles. The summed E-state index contributed by atoms with van der Waals surface area (Å²) >= 11 is 1.17. The molecule has 0 fully saturated rings. The van der Waals surface area contributed by atoms with Gasteiger partial charge >= 0.3 is 0 Å². The first-order chi connectivity index (χ1) is 10.9. The van der Waals surface area contributed by atoms with E-state index in [2.05, 4.69) is 10.3 Å². The van der Waals surface area contributed by atoms with E-state index in [1.54, 1.807) is 7.11 Å². The fourth-order valence-electron chi connectivity index (χ4n) is 2.71. The van der Waals surface area contributed by atoms with Gasteiger partial charge in [-0.3, -0.25) is 4.79 Å². The Bertz CT molecular complexity index is 742. The number of anilines is 1. The monoisotopic (exact) mass is 333 g/mol. The van der Waals surface area contributed by atoms with Crippen molar-refractivity contribution >= 4 is 22.4 Å². The molecule has 2 heterocycles. The molecule has 2 aromatic rings. The maximum absolute atomic E-state index is 12.4. The highest BCUT2D eigenvalue weighted by atomic mass is 32.1. The van der Waals surface area contributed by atoms with Crippen LogP contribution in [-0.2, 0) is 0 Å². The first-order valence-electron chi connectivity index (χ1n) is 7.27. The number of benzene rings is 1. The fraction of sp³-hybridized carbons (Fsp3) is 0.375. The molecule has 0 saturated carbocycles. The van der Waals surface area contributed by atoms with Gasteiger partial charge in [-0.15, -0.1) is 0 Å². The summed E-state index contributed by atoms with van der Waals surface area (Å²) in [7, 11) is 1.61. The first kappa shape index (κ1) is 15.6. The Kier molecular flexibility index (Phi) is 3.89. The molecule has 1 unspecified atom stereocenters. The van der Waals surface area contributed by atoms with Crippen molar-refractivity contribution in [2.45, 2.75) is 31.9 Å². The number of carbonyl (C=O) groups is 1. The second kappa shape index (κ2) is 5.73. The number of ether oxygens (including phenoxy) is 2. The van der Waals surface area contributed by atoms with Crippen LogP contribution in [0.3, 0.4) is 0 Å². The van der Waals surface area contributed by atoms with Crippen molar-refractivity contribution in [1.82, 2.24) is 10.3 Å². The highest BCUT2D eigenvalue weighted by molar-refractivity contribution is 7.17. The molecule has 7 heteroatoms. The third-order valence-electron chi connectivity index (χ3n) is 3.73. The number of nitrogen functional groups attached to an aromatic ring is 1. The quantitative estimate of drug-likeness (QED) is 0.902. The van der Waals surface area contributed by atoms with E-state index < -0.39 is 0 Å². The number of hydrogen-bond acceptors (Lipinski definition) is 6. The predicted octanol–water partition coefficient (Wildman–Crippen LogP) is 2.77. The van der Waals surface area contributed by atoms with Gasteiger partial charge in [0.25, 0.3) is 5.91 Å². The fourth-order valence-corrected chi connectivity index (χ4v) is 3.30. The number of nitrogens with one attached hydrogen (secondary N) is 1. The smallest absolute Gasteiger partial charge is 0.263 e. The molecule has 1 aromatic heterocycles. The van der Waals surface area contributed by atoms with E-state index in [0.29, 0.717) is 16.4 Å². The Labute approximate surface area is 138 Å². The van der Waals surface area contributed by atoms with E-state index in [9.17, 15) is 4.79 Å². The van der Waals surface area contributed by atoms with Gasteiger partial charge < -0.3 is 20.5 Å². The van der Waals surface area contributed by atoms with Gasteiger partial charge in [-0.25, -0.2) is 4.98 Å². The Morgan fingerprint density at radius 1 is 1.52 bits per heavy atom. The average Bonchev–Trinajstić information content (AvgIpc) is 2.92. The zero-order chi connectivity index (χ0) is 16.6. The molecular weight excluding hydrogens is 314 g/mol. The number of methoxy groups -OCH3 is 1. The van der Waals surface area contributed by atoms with E-state index in [0.717, 1.165) is 17.1 Å². The molecule has 0 radical (unpaired) electrons. The summed E-state index contributed by atoms with van der Waals surface area (Å²) in [5.41, 5.74) is 6.14. The van der Waals surface area contributed by atoms with Crippen LogP contribution in [-0.4, -0.2) is 23.6 Å². The number of fused-ring (bicyclic) bond motifs is 1. The van der Waals surface area contributed by atoms with Crippen LogP contribution in [0, 0.1) is 0 Å². The minimum absolute atomic E-state index is 0.167. The van der Waals surface area contributed by atoms with Gasteiger partial charge in [-0.1, -0.05) is 11.3 Å². The van der Waals surface area contributed by atoms with E-state index in [4.69, 9.17) is 15.2 Å². The summed E-state index contributed by atoms with van der Waals surface area (Å²) < 4.78 is 11.3. The molecule has 0 aliphatic carbocycles. The lowest BCUT2D eigenvalue weighted by Crippen LogP contribution is -2.41. The number of hydrogen-bond donors (Lipinski definition) is 2. The molecule has 3 rings (SSSR count). The lowest BCUT2D eigenvalue weighted by Gasteiger charge is -2.38. The first-order valence-corrected chi connectivity index (χ1v) is 8.09. The summed E-state index contributed by atoms with van der Waals surface area (Å²) in [6.07, 6.45) is 2.15. The topological polar surface area (TPSA) is 86.5 Å². The Balaban J connectivity index is 1.90. The maximum atomic E-state index is 12.4. The number of nitrogens with two attached hydrogens (primary N) is 1. The van der Waals surface area contributed by atoms with Crippen molar-refractivity contribution in [2.75, 3.05) is 12.8 Å². The van der Waals surface area contributed by atoms with Crippen molar-refractivity contribution in [1.29, 1.82) is 0 Å². The van der Waals surface area contributed by atoms with Crippen LogP contribution < -0.4 is 20.5 Å². The van der Waals surface area contributed by atoms with Crippen LogP contribution in [0.15, 0.2) is 24.4 Å². The van der Waals surface area contributed by atoms with Gasteiger partial charge in [0.2, 0.25) is 0 Å². The van der Waals surface area contributed by atoms with Gasteiger partial charge in [0.15, 0.2) is 5.13 Å². The summed E-state index contributed by atoms with van der Waals surface area (Å²) in [6, 6.07) is 5.46. The number of rotatable bonds is 3. The molecule has 6 nitrogen and oxygen atoms in total. The number of carbonyl (C=O) groups excluding carboxylic acids is 1. The molecule has 3 N–H and O–H groups in total. The lowest BCUT2D eigenvalue weighted by molar-refractivity contribution is 0.0619. The largest absolute Gasteiger partial charge is 0.497 e. The minimum Gasteiger partial charge on any atom is -0.497 e. The maximum Gasteiger partial charge on any atom is 0.263 e. The Morgan fingerprint density at radius 3 is 2.96 bits per heavy atom. The number of nitrogens with zero attached hydrogens (tertiary/aromatic N) is 1. The van der Waals surface area contributed by atoms with Crippen molar-refractivity contribution in [2.24, 2.45) is 0 Å². The zero-order valence-corrected chi connectivity index (χ0v) is 14.1. The average molecular weight is 333 g/mol. The highest BCUT2D eigenvalue weighted by Gasteiger charge is 2.35. The Morgan fingerprint density at radius 2 is 2.30 bits per heavy atom. The van der Waals surface area contributed by atoms with Crippen molar-refractivity contribution in [3.63, 3.8) is 0 Å². The van der Waals surface area contributed by atoms with E-state index in [-0.39, 0.29) is 17.6 Å². The third-order valence-corrected chi connectivity index (χ3v) is 4.55. The molecule has 0 bridgehead atoms. The van der Waals surface area contributed by atoms with Crippen LogP contribution >= 0.6 is 11.3 Å². The van der Waals surface area contributed by atoms with Gasteiger partial charge in [-0.05, 0) is 32.0 Å². The zero-order valence-electron chi connectivity index (χ0n) is 13.3. The van der Waals surface area contributed by atoms with E-state index in [1.165, 1.54) is 17.5 Å². The van der Waals surface area contributed by atoms with Gasteiger partial charge in [0, 0.05) is 12.0 Å². The molecule has 0 spiro atoms. The second-order valence-corrected chi connectivity index (χ2v) is 7.12. The van der Waals surface area contributed by atoms with Gasteiger partial charge in [-0.2, -0.15) is 0 Å². The SMILES string of the molecule is COc1ccc2c(c1)C(NC(=O)c1cnc(N)s1)CC(C)(C)O2. The second-order valence-electron chi connectivity index (χ2n) is 6.06. The molecule has 23 heavy (non-hydrogen) atoms. The van der Waals surface area contributed by atoms with Crippen LogP contribution in [0.2, 0.25) is 0 Å². The predicted molar refractivity (Wildman–Crippen MR) is 89.1 cm³/mol. The highest BCUT2D eigenvalue weighted by Crippen LogP contribution is 2.41. The molecule has 1 aliphatic heterocycles. The number of amides is 1. The van der Waals surface area contributed by atoms with Gasteiger partial charge in [0.1, 0.15) is 22.0 Å². The van der Waals surface area contributed by atoms with E-state index >= 15 is 0 Å². The Hall–Kier alpha value is -2.28. The lowest BCUT2D eigenvalue weighted by atomic mass is 9.89. The van der Waals surface area contributed by atoms with Crippen molar-refractivity contribution in [3.8, 4) is 11.5 Å². The van der Waals surface area contributed by atoms with Crippen LogP contribution in [0.25, 0.3) is 0 Å². The van der Waals surface area contributed by atoms with Crippen LogP contribution in [0.4, 0.5) is 5.13 Å². The molecule has 1 aliphatic rings. The molecule has 0 saturated heterocycles. The standard InChI is InChI=1S/C16H19N3O3S/c1-16(2)7-11(19-14(20)13-8-18-15(17)23-13)10-6-9(21-3)4-5-12(10)22-16/h4-6,8,11H,7H2,1-3H3,(H2,17,18)(H,19,20). The van der Waals surface area contributed by atoms with E-state index in [1.807, 2.05) is 32.0 Å². The van der Waals surface area contributed by atoms with Crippen molar-refractivity contribution in [3.05, 3.63) is 34.8 Å². The summed E-state index contributed by atoms with van der Waals surface area (Å²) in [5, 5.41) is 3.43. The summed E-state index contributed by atoms with van der Waals surface area (Å²) in [4.78, 5) is 16.9. The summed E-state index contributed by atoms with van der Waals surface area (Å²) in [5.74, 6) is 1.31. The van der Waals surface area contributed by atoms with Crippen molar-refractivity contribution < 1.29 is 14.3 Å². The number of aromatic nitrogens is 1. The molecule has 1 atom stereocenters. The normalized spacial score (nSPS) is 18.7. The van der Waals surface area contributed by atoms with Crippen LogP contribution in [0.5, 0.6) is 11.5 Å². The van der Waals surface area contributed by atoms with Crippen LogP contribution in [0.1, 0.15) is 41.5 Å². The molecular formula is C16H19N3O3S.